The summed E-state index contributed by atoms with van der Waals surface area (Å²) in [4.78, 5) is 37.5. The first-order valence-corrected chi connectivity index (χ1v) is 10.3. The topological polar surface area (TPSA) is 139 Å². The van der Waals surface area contributed by atoms with Crippen LogP contribution in [0, 0.1) is 10.1 Å². The molecule has 3 rings (SSSR count). The second kappa shape index (κ2) is 10.7. The van der Waals surface area contributed by atoms with E-state index in [0.29, 0.717) is 23.5 Å². The molecule has 10 heteroatoms. The Labute approximate surface area is 189 Å². The first kappa shape index (κ1) is 23.9. The normalized spacial score (nSPS) is 17.4. The van der Waals surface area contributed by atoms with Gasteiger partial charge in [0.1, 0.15) is 11.5 Å². The molecule has 2 N–H and O–H groups in total. The highest BCUT2D eigenvalue weighted by atomic mass is 16.6. The fraction of sp³-hybridized carbons (Fsp3) is 0.304. The zero-order valence-electron chi connectivity index (χ0n) is 18.0. The molecule has 0 bridgehead atoms. The number of hydrogen-bond acceptors (Lipinski definition) is 8. The average molecular weight is 456 g/mol. The number of carbonyl (C=O) groups excluding carboxylic acids is 2. The van der Waals surface area contributed by atoms with Gasteiger partial charge in [-0.05, 0) is 48.9 Å². The lowest BCUT2D eigenvalue weighted by atomic mass is 9.95. The molecule has 2 aromatic carbocycles. The monoisotopic (exact) mass is 456 g/mol. The van der Waals surface area contributed by atoms with Gasteiger partial charge in [-0.1, -0.05) is 0 Å². The number of non-ortho nitro benzene ring substituents is 1. The van der Waals surface area contributed by atoms with E-state index in [1.54, 1.807) is 24.3 Å². The lowest BCUT2D eigenvalue weighted by molar-refractivity contribution is -0.384. The Bertz CT molecular complexity index is 1050. The third-order valence-corrected chi connectivity index (χ3v) is 5.11. The van der Waals surface area contributed by atoms with E-state index in [9.17, 15) is 24.8 Å². The van der Waals surface area contributed by atoms with Crippen molar-refractivity contribution in [3.63, 3.8) is 0 Å². The van der Waals surface area contributed by atoms with Crippen LogP contribution in [0.5, 0.6) is 5.75 Å². The molecule has 0 spiro atoms. The van der Waals surface area contributed by atoms with Crippen molar-refractivity contribution in [2.45, 2.75) is 13.0 Å². The number of rotatable bonds is 10. The second-order valence-electron chi connectivity index (χ2n) is 7.13. The minimum Gasteiger partial charge on any atom is -0.507 e. The molecular formula is C23H24N2O8. The summed E-state index contributed by atoms with van der Waals surface area (Å²) >= 11 is 0. The van der Waals surface area contributed by atoms with Crippen LogP contribution in [0.2, 0.25) is 0 Å². The number of Topliss-reactive ketones (excluding diaryl/α,β-unsaturated/α-hetero) is 1. The van der Waals surface area contributed by atoms with Crippen LogP contribution in [0.3, 0.4) is 0 Å². The number of nitro groups is 1. The SMILES string of the molecule is CCOc1ccc(C(O)=C2C(=O)C(=O)N(CCOCCO)C2c2ccc([N+](=O)[O-])cc2)cc1. The van der Waals surface area contributed by atoms with Crippen molar-refractivity contribution in [1.29, 1.82) is 0 Å². The van der Waals surface area contributed by atoms with Crippen molar-refractivity contribution in [2.75, 3.05) is 33.0 Å². The summed E-state index contributed by atoms with van der Waals surface area (Å²) in [7, 11) is 0. The van der Waals surface area contributed by atoms with Crippen LogP contribution in [-0.2, 0) is 14.3 Å². The molecule has 33 heavy (non-hydrogen) atoms. The summed E-state index contributed by atoms with van der Waals surface area (Å²) in [6.45, 7) is 2.26. The minimum absolute atomic E-state index is 0.0201. The smallest absolute Gasteiger partial charge is 0.295 e. The highest BCUT2D eigenvalue weighted by Gasteiger charge is 2.46. The maximum Gasteiger partial charge on any atom is 0.295 e. The van der Waals surface area contributed by atoms with E-state index >= 15 is 0 Å². The largest absolute Gasteiger partial charge is 0.507 e. The van der Waals surface area contributed by atoms with E-state index in [-0.39, 0.29) is 43.4 Å². The van der Waals surface area contributed by atoms with Crippen LogP contribution in [0.15, 0.2) is 54.1 Å². The maximum absolute atomic E-state index is 12.9. The van der Waals surface area contributed by atoms with Crippen molar-refractivity contribution in [2.24, 2.45) is 0 Å². The van der Waals surface area contributed by atoms with Gasteiger partial charge in [-0.15, -0.1) is 0 Å². The molecule has 2 aromatic rings. The predicted octanol–water partition coefficient (Wildman–Crippen LogP) is 2.42. The molecule has 0 radical (unpaired) electrons. The molecule has 1 amide bonds. The fourth-order valence-electron chi connectivity index (χ4n) is 3.60. The summed E-state index contributed by atoms with van der Waals surface area (Å²) < 4.78 is 10.6. The van der Waals surface area contributed by atoms with Gasteiger partial charge in [0, 0.05) is 24.2 Å². The van der Waals surface area contributed by atoms with E-state index in [4.69, 9.17) is 14.6 Å². The Morgan fingerprint density at radius 3 is 2.33 bits per heavy atom. The highest BCUT2D eigenvalue weighted by Crippen LogP contribution is 2.39. The number of nitrogens with zero attached hydrogens (tertiary/aromatic N) is 2. The number of benzene rings is 2. The molecule has 1 aliphatic heterocycles. The quantitative estimate of drug-likeness (QED) is 0.139. The average Bonchev–Trinajstić information content (AvgIpc) is 3.07. The highest BCUT2D eigenvalue weighted by molar-refractivity contribution is 6.46. The van der Waals surface area contributed by atoms with E-state index in [1.165, 1.54) is 29.2 Å². The number of ketones is 1. The minimum atomic E-state index is -0.963. The van der Waals surface area contributed by atoms with Crippen molar-refractivity contribution in [3.8, 4) is 5.75 Å². The van der Waals surface area contributed by atoms with Gasteiger partial charge in [0.15, 0.2) is 0 Å². The molecule has 1 saturated heterocycles. The van der Waals surface area contributed by atoms with Gasteiger partial charge in [-0.25, -0.2) is 0 Å². The Morgan fingerprint density at radius 1 is 1.09 bits per heavy atom. The number of aliphatic hydroxyl groups is 2. The van der Waals surface area contributed by atoms with Crippen LogP contribution in [0.25, 0.3) is 5.76 Å². The van der Waals surface area contributed by atoms with Crippen LogP contribution in [0.4, 0.5) is 5.69 Å². The van der Waals surface area contributed by atoms with Crippen molar-refractivity contribution >= 4 is 23.1 Å². The maximum atomic E-state index is 12.9. The number of ether oxygens (including phenoxy) is 2. The van der Waals surface area contributed by atoms with Crippen LogP contribution in [0.1, 0.15) is 24.1 Å². The molecular weight excluding hydrogens is 432 g/mol. The predicted molar refractivity (Wildman–Crippen MR) is 118 cm³/mol. The number of hydrogen-bond donors (Lipinski definition) is 2. The Morgan fingerprint density at radius 2 is 1.76 bits per heavy atom. The lowest BCUT2D eigenvalue weighted by Gasteiger charge is -2.25. The molecule has 1 atom stereocenters. The number of amides is 1. The molecule has 1 heterocycles. The molecule has 1 fully saturated rings. The Kier molecular flexibility index (Phi) is 7.75. The summed E-state index contributed by atoms with van der Waals surface area (Å²) in [5.41, 5.74) is 0.475. The zero-order chi connectivity index (χ0) is 24.0. The van der Waals surface area contributed by atoms with E-state index in [1.807, 2.05) is 6.92 Å². The summed E-state index contributed by atoms with van der Waals surface area (Å²) in [5, 5.41) is 30.9. The molecule has 1 aliphatic rings. The summed E-state index contributed by atoms with van der Waals surface area (Å²) in [6.07, 6.45) is 0. The van der Waals surface area contributed by atoms with Crippen LogP contribution >= 0.6 is 0 Å². The zero-order valence-corrected chi connectivity index (χ0v) is 18.0. The van der Waals surface area contributed by atoms with Crippen LogP contribution in [-0.4, -0.2) is 64.7 Å². The standard InChI is InChI=1S/C23H24N2O8/c1-2-33-18-9-5-16(6-10-18)21(27)19-20(15-3-7-17(8-4-15)25(30)31)24(23(29)22(19)28)11-13-32-14-12-26/h3-10,20,26-27H,2,11-14H2,1H3. The molecule has 10 nitrogen and oxygen atoms in total. The van der Waals surface area contributed by atoms with Gasteiger partial charge in [-0.3, -0.25) is 19.7 Å². The molecule has 1 unspecified atom stereocenters. The fourth-order valence-corrected chi connectivity index (χ4v) is 3.60. The number of nitro benzene ring substituents is 1. The van der Waals surface area contributed by atoms with Gasteiger partial charge in [0.2, 0.25) is 0 Å². The summed E-state index contributed by atoms with van der Waals surface area (Å²) in [5.74, 6) is -1.47. The number of carbonyl (C=O) groups is 2. The van der Waals surface area contributed by atoms with Crippen molar-refractivity contribution in [3.05, 3.63) is 75.3 Å². The van der Waals surface area contributed by atoms with Gasteiger partial charge in [0.05, 0.1) is 43.0 Å². The van der Waals surface area contributed by atoms with Crippen molar-refractivity contribution in [1.82, 2.24) is 4.90 Å². The molecule has 0 aliphatic carbocycles. The second-order valence-corrected chi connectivity index (χ2v) is 7.13. The third-order valence-electron chi connectivity index (χ3n) is 5.11. The van der Waals surface area contributed by atoms with Gasteiger partial charge in [-0.2, -0.15) is 0 Å². The van der Waals surface area contributed by atoms with E-state index < -0.39 is 22.7 Å². The van der Waals surface area contributed by atoms with Gasteiger partial charge >= 0.3 is 0 Å². The summed E-state index contributed by atoms with van der Waals surface area (Å²) in [6, 6.07) is 10.9. The van der Waals surface area contributed by atoms with Gasteiger partial charge < -0.3 is 24.6 Å². The number of aliphatic hydroxyl groups excluding tert-OH is 2. The number of likely N-dealkylation sites (tertiary alicyclic amines) is 1. The third kappa shape index (κ3) is 5.18. The van der Waals surface area contributed by atoms with E-state index in [2.05, 4.69) is 0 Å². The van der Waals surface area contributed by atoms with Crippen molar-refractivity contribution < 1.29 is 34.2 Å². The first-order chi connectivity index (χ1) is 15.9. The van der Waals surface area contributed by atoms with Crippen LogP contribution < -0.4 is 4.74 Å². The molecule has 0 aromatic heterocycles. The molecule has 0 saturated carbocycles. The first-order valence-electron chi connectivity index (χ1n) is 10.3. The van der Waals surface area contributed by atoms with E-state index in [0.717, 1.165) is 0 Å². The Balaban J connectivity index is 2.04. The molecule has 174 valence electrons. The Hall–Kier alpha value is -3.76. The van der Waals surface area contributed by atoms with Gasteiger partial charge in [0.25, 0.3) is 17.4 Å². The lowest BCUT2D eigenvalue weighted by Crippen LogP contribution is -2.33.